The number of hydrogen-bond donors (Lipinski definition) is 0. The highest BCUT2D eigenvalue weighted by Crippen LogP contribution is 2.53. The largest absolute Gasteiger partial charge is 0.350 e. The van der Waals surface area contributed by atoms with Gasteiger partial charge in [0.2, 0.25) is 0 Å². The first-order chi connectivity index (χ1) is 8.03. The van der Waals surface area contributed by atoms with Crippen LogP contribution < -0.4 is 0 Å². The summed E-state index contributed by atoms with van der Waals surface area (Å²) in [5, 5.41) is 0. The minimum absolute atomic E-state index is 0.158. The zero-order valence-electron chi connectivity index (χ0n) is 10.2. The third-order valence-electron chi connectivity index (χ3n) is 3.11. The molecule has 2 bridgehead atoms. The van der Waals surface area contributed by atoms with E-state index in [1.54, 1.807) is 0 Å². The normalized spacial score (nSPS) is 23.2. The Labute approximate surface area is 119 Å². The second-order valence-corrected chi connectivity index (χ2v) is 5.92. The lowest BCUT2D eigenvalue weighted by molar-refractivity contribution is -0.236. The fourth-order valence-corrected chi connectivity index (χ4v) is 4.24. The smallest absolute Gasteiger partial charge is 0.176 e. The van der Waals surface area contributed by atoms with E-state index in [2.05, 4.69) is 44.0 Å². The molecule has 0 aliphatic heterocycles. The van der Waals surface area contributed by atoms with Crippen molar-refractivity contribution >= 4 is 31.9 Å². The molecule has 94 valence electrons. The van der Waals surface area contributed by atoms with Crippen molar-refractivity contribution in [1.29, 1.82) is 0 Å². The quantitative estimate of drug-likeness (QED) is 0.679. The van der Waals surface area contributed by atoms with Gasteiger partial charge in [0.25, 0.3) is 0 Å². The van der Waals surface area contributed by atoms with Crippen molar-refractivity contribution in [3.63, 3.8) is 0 Å². The van der Waals surface area contributed by atoms with E-state index < -0.39 is 5.79 Å². The molecule has 0 aromatic heterocycles. The maximum Gasteiger partial charge on any atom is 0.176 e. The van der Waals surface area contributed by atoms with Crippen LogP contribution in [0.4, 0.5) is 0 Å². The molecule has 0 radical (unpaired) electrons. The summed E-state index contributed by atoms with van der Waals surface area (Å²) in [7, 11) is 0. The van der Waals surface area contributed by atoms with Crippen LogP contribution in [-0.4, -0.2) is 19.0 Å². The molecular weight excluding hydrogens is 348 g/mol. The fraction of sp³-hybridized carbons (Fsp3) is 0.538. The van der Waals surface area contributed by atoms with Crippen LogP contribution in [0.2, 0.25) is 0 Å². The van der Waals surface area contributed by atoms with E-state index in [1.807, 2.05) is 20.8 Å². The third-order valence-corrected chi connectivity index (χ3v) is 4.42. The van der Waals surface area contributed by atoms with Gasteiger partial charge in [0.15, 0.2) is 5.79 Å². The number of allylic oxidation sites excluding steroid dienone is 4. The molecule has 4 heteroatoms. The van der Waals surface area contributed by atoms with Crippen LogP contribution >= 0.6 is 31.9 Å². The summed E-state index contributed by atoms with van der Waals surface area (Å²) in [5.74, 6) is -0.433. The SMILES string of the molecule is CCOC(C)(OCC)C1C2=CC(Br)=C1C(Br)=C2. The Kier molecular flexibility index (Phi) is 3.98. The molecule has 1 atom stereocenters. The summed E-state index contributed by atoms with van der Waals surface area (Å²) in [4.78, 5) is 0. The second-order valence-electron chi connectivity index (χ2n) is 4.21. The van der Waals surface area contributed by atoms with Crippen LogP contribution in [0, 0.1) is 5.92 Å². The van der Waals surface area contributed by atoms with Crippen molar-refractivity contribution in [2.24, 2.45) is 5.92 Å². The first-order valence-electron chi connectivity index (χ1n) is 5.80. The summed E-state index contributed by atoms with van der Waals surface area (Å²) >= 11 is 7.18. The molecule has 2 aliphatic rings. The molecule has 1 unspecified atom stereocenters. The Balaban J connectivity index is 2.33. The Hall–Kier alpha value is 0.1000. The molecule has 0 spiro atoms. The van der Waals surface area contributed by atoms with E-state index in [9.17, 15) is 0 Å². The van der Waals surface area contributed by atoms with Crippen LogP contribution in [-0.2, 0) is 9.47 Å². The molecular formula is C13H16Br2O2. The highest BCUT2D eigenvalue weighted by atomic mass is 79.9. The fourth-order valence-electron chi connectivity index (χ4n) is 2.56. The summed E-state index contributed by atoms with van der Waals surface area (Å²) in [6.45, 7) is 7.29. The Morgan fingerprint density at radius 3 is 2.18 bits per heavy atom. The molecule has 0 saturated heterocycles. The molecule has 2 aliphatic carbocycles. The predicted molar refractivity (Wildman–Crippen MR) is 76.2 cm³/mol. The van der Waals surface area contributed by atoms with E-state index >= 15 is 0 Å². The van der Waals surface area contributed by atoms with Crippen LogP contribution in [0.5, 0.6) is 0 Å². The maximum atomic E-state index is 5.86. The van der Waals surface area contributed by atoms with Gasteiger partial charge in [-0.15, -0.1) is 0 Å². The summed E-state index contributed by atoms with van der Waals surface area (Å²) in [6.07, 6.45) is 4.28. The van der Waals surface area contributed by atoms with Crippen LogP contribution in [0.3, 0.4) is 0 Å². The van der Waals surface area contributed by atoms with Crippen LogP contribution in [0.1, 0.15) is 20.8 Å². The van der Waals surface area contributed by atoms with Gasteiger partial charge < -0.3 is 9.47 Å². The number of hydrogen-bond acceptors (Lipinski definition) is 2. The van der Waals surface area contributed by atoms with E-state index in [4.69, 9.17) is 9.47 Å². The first-order valence-corrected chi connectivity index (χ1v) is 7.38. The Morgan fingerprint density at radius 1 is 1.18 bits per heavy atom. The summed E-state index contributed by atoms with van der Waals surface area (Å²) < 4.78 is 14.0. The highest BCUT2D eigenvalue weighted by Gasteiger charge is 2.47. The maximum absolute atomic E-state index is 5.86. The first kappa shape index (κ1) is 13.5. The van der Waals surface area contributed by atoms with Gasteiger partial charge in [-0.3, -0.25) is 0 Å². The number of rotatable bonds is 5. The van der Waals surface area contributed by atoms with E-state index in [0.717, 1.165) is 8.96 Å². The van der Waals surface area contributed by atoms with Crippen molar-refractivity contribution in [1.82, 2.24) is 0 Å². The molecule has 0 saturated carbocycles. The van der Waals surface area contributed by atoms with Gasteiger partial charge in [-0.2, -0.15) is 0 Å². The molecule has 0 heterocycles. The van der Waals surface area contributed by atoms with Gasteiger partial charge in [-0.1, -0.05) is 31.9 Å². The Morgan fingerprint density at radius 2 is 1.76 bits per heavy atom. The topological polar surface area (TPSA) is 18.5 Å². The van der Waals surface area contributed by atoms with Gasteiger partial charge in [0.05, 0.1) is 5.92 Å². The molecule has 0 fully saturated rings. The standard InChI is InChI=1S/C13H16Br2O2/c1-4-16-13(3,17-5-2)12-8-6-9(14)11(12)10(15)7-8/h6-7,12H,4-5H2,1-3H3. The van der Waals surface area contributed by atoms with Gasteiger partial charge >= 0.3 is 0 Å². The zero-order valence-corrected chi connectivity index (χ0v) is 13.4. The zero-order chi connectivity index (χ0) is 12.6. The molecule has 17 heavy (non-hydrogen) atoms. The molecule has 0 amide bonds. The number of fused-ring (bicyclic) bond motifs is 2. The van der Waals surface area contributed by atoms with Crippen molar-refractivity contribution in [2.45, 2.75) is 26.6 Å². The summed E-state index contributed by atoms with van der Waals surface area (Å²) in [6, 6.07) is 0. The van der Waals surface area contributed by atoms with Crippen molar-refractivity contribution in [3.8, 4) is 0 Å². The van der Waals surface area contributed by atoms with Crippen molar-refractivity contribution in [2.75, 3.05) is 13.2 Å². The van der Waals surface area contributed by atoms with E-state index in [0.29, 0.717) is 13.2 Å². The minimum atomic E-state index is -0.591. The van der Waals surface area contributed by atoms with Crippen molar-refractivity contribution in [3.05, 3.63) is 32.3 Å². The minimum Gasteiger partial charge on any atom is -0.350 e. The van der Waals surface area contributed by atoms with Crippen LogP contribution in [0.15, 0.2) is 32.3 Å². The van der Waals surface area contributed by atoms with Gasteiger partial charge in [-0.25, -0.2) is 0 Å². The predicted octanol–water partition coefficient (Wildman–Crippen LogP) is 4.27. The van der Waals surface area contributed by atoms with Gasteiger partial charge in [0.1, 0.15) is 0 Å². The summed E-state index contributed by atoms with van der Waals surface area (Å²) in [5.41, 5.74) is 2.47. The van der Waals surface area contributed by atoms with Gasteiger partial charge in [0, 0.05) is 22.2 Å². The molecule has 2 nitrogen and oxygen atoms in total. The molecule has 0 aromatic rings. The average molecular weight is 364 g/mol. The van der Waals surface area contributed by atoms with Crippen LogP contribution in [0.25, 0.3) is 0 Å². The van der Waals surface area contributed by atoms with E-state index in [-0.39, 0.29) is 5.92 Å². The average Bonchev–Trinajstić information content (AvgIpc) is 2.71. The lowest BCUT2D eigenvalue weighted by Crippen LogP contribution is -2.41. The lowest BCUT2D eigenvalue weighted by atomic mass is 9.93. The monoisotopic (exact) mass is 362 g/mol. The second kappa shape index (κ2) is 5.00. The lowest BCUT2D eigenvalue weighted by Gasteiger charge is -2.35. The van der Waals surface area contributed by atoms with E-state index in [1.165, 1.54) is 11.1 Å². The van der Waals surface area contributed by atoms with Gasteiger partial charge in [-0.05, 0) is 44.1 Å². The number of ether oxygens (including phenoxy) is 2. The van der Waals surface area contributed by atoms with Crippen molar-refractivity contribution < 1.29 is 9.47 Å². The molecule has 0 aromatic carbocycles. The molecule has 2 rings (SSSR count). The number of halogens is 2. The Bertz CT molecular complexity index is 415. The highest BCUT2D eigenvalue weighted by molar-refractivity contribution is 9.12. The third kappa shape index (κ3) is 2.21. The molecule has 0 N–H and O–H groups in total.